The highest BCUT2D eigenvalue weighted by molar-refractivity contribution is 7.92. The minimum Gasteiger partial charge on any atom is -0.492 e. The second kappa shape index (κ2) is 14.3. The van der Waals surface area contributed by atoms with Gasteiger partial charge in [-0.25, -0.2) is 8.42 Å². The number of nitrogens with zero attached hydrogens (tertiary/aromatic N) is 2. The molecule has 1 N–H and O–H groups in total. The number of carbonyl (C=O) groups is 2. The molecule has 0 aliphatic carbocycles. The van der Waals surface area contributed by atoms with Gasteiger partial charge in [0, 0.05) is 27.7 Å². The van der Waals surface area contributed by atoms with Gasteiger partial charge in [0.05, 0.1) is 17.2 Å². The number of halogens is 3. The minimum atomic E-state index is -4.29. The summed E-state index contributed by atoms with van der Waals surface area (Å²) in [5, 5.41) is 3.88. The molecule has 0 spiro atoms. The van der Waals surface area contributed by atoms with Gasteiger partial charge in [0.25, 0.3) is 10.0 Å². The van der Waals surface area contributed by atoms with E-state index in [0.29, 0.717) is 20.6 Å². The number of carbonyl (C=O) groups excluding carboxylic acids is 2. The molecule has 2 amide bonds. The van der Waals surface area contributed by atoms with Gasteiger partial charge in [0.2, 0.25) is 11.8 Å². The summed E-state index contributed by atoms with van der Waals surface area (Å²) in [7, 11) is -4.29. The van der Waals surface area contributed by atoms with Crippen molar-refractivity contribution in [1.82, 2.24) is 10.2 Å². The second-order valence-electron chi connectivity index (χ2n) is 9.46. The molecule has 0 saturated carbocycles. The van der Waals surface area contributed by atoms with Gasteiger partial charge in [-0.3, -0.25) is 13.9 Å². The molecule has 0 fully saturated rings. The molecule has 0 unspecified atom stereocenters. The van der Waals surface area contributed by atoms with E-state index in [0.717, 1.165) is 4.31 Å². The quantitative estimate of drug-likeness (QED) is 0.255. The van der Waals surface area contributed by atoms with E-state index < -0.39 is 34.4 Å². The second-order valence-corrected chi connectivity index (χ2v) is 12.6. The Hall–Kier alpha value is -2.98. The highest BCUT2D eigenvalue weighted by Crippen LogP contribution is 2.33. The molecule has 0 heterocycles. The summed E-state index contributed by atoms with van der Waals surface area (Å²) >= 11 is 18.5. The van der Waals surface area contributed by atoms with E-state index >= 15 is 0 Å². The van der Waals surface area contributed by atoms with E-state index in [9.17, 15) is 18.0 Å². The van der Waals surface area contributed by atoms with Gasteiger partial charge < -0.3 is 15.0 Å². The van der Waals surface area contributed by atoms with Gasteiger partial charge in [-0.05, 0) is 81.8 Å². The molecule has 41 heavy (non-hydrogen) atoms. The van der Waals surface area contributed by atoms with Gasteiger partial charge in [-0.15, -0.1) is 0 Å². The fourth-order valence-electron chi connectivity index (χ4n) is 4.01. The van der Waals surface area contributed by atoms with Gasteiger partial charge in [0.15, 0.2) is 0 Å². The predicted molar refractivity (Wildman–Crippen MR) is 163 cm³/mol. The lowest BCUT2D eigenvalue weighted by Crippen LogP contribution is -2.52. The van der Waals surface area contributed by atoms with Crippen molar-refractivity contribution in [2.45, 2.75) is 51.2 Å². The maximum absolute atomic E-state index is 14.1. The topological polar surface area (TPSA) is 96.0 Å². The molecule has 0 bridgehead atoms. The molecule has 0 saturated heterocycles. The van der Waals surface area contributed by atoms with Crippen LogP contribution in [-0.4, -0.2) is 50.4 Å². The van der Waals surface area contributed by atoms with Gasteiger partial charge in [-0.2, -0.15) is 0 Å². The minimum absolute atomic E-state index is 0.0660. The summed E-state index contributed by atoms with van der Waals surface area (Å²) in [5.41, 5.74) is 0.705. The maximum Gasteiger partial charge on any atom is 0.264 e. The summed E-state index contributed by atoms with van der Waals surface area (Å²) in [6.45, 7) is 6.53. The number of hydrogen-bond donors (Lipinski definition) is 1. The highest BCUT2D eigenvalue weighted by Gasteiger charge is 2.34. The van der Waals surface area contributed by atoms with Crippen molar-refractivity contribution in [3.63, 3.8) is 0 Å². The standard InChI is InChI=1S/C29H32Cl3N3O5S/c1-5-40-27-9-7-6-8-26(27)35(41(38,39)24-14-12-22(30)13-15-24)18-28(36)34(20(4)29(37)33-19(2)3)17-21-10-11-23(31)16-25(21)32/h6-16,19-20H,5,17-18H2,1-4H3,(H,33,37)/t20-/m1/s1. The van der Waals surface area contributed by atoms with E-state index in [1.807, 2.05) is 0 Å². The zero-order chi connectivity index (χ0) is 30.3. The molecule has 3 aromatic rings. The van der Waals surface area contributed by atoms with Crippen molar-refractivity contribution in [3.05, 3.63) is 87.4 Å². The number of para-hydroxylation sites is 2. The number of rotatable bonds is 12. The van der Waals surface area contributed by atoms with Crippen LogP contribution in [0, 0.1) is 0 Å². The largest absolute Gasteiger partial charge is 0.492 e. The Morgan fingerprint density at radius 3 is 2.17 bits per heavy atom. The van der Waals surface area contributed by atoms with Crippen molar-refractivity contribution in [3.8, 4) is 5.75 Å². The lowest BCUT2D eigenvalue weighted by Gasteiger charge is -2.33. The van der Waals surface area contributed by atoms with Gasteiger partial charge in [0.1, 0.15) is 18.3 Å². The number of amides is 2. The van der Waals surface area contributed by atoms with Crippen LogP contribution in [0.3, 0.4) is 0 Å². The molecule has 1 atom stereocenters. The van der Waals surface area contributed by atoms with Crippen LogP contribution in [0.4, 0.5) is 5.69 Å². The Morgan fingerprint density at radius 2 is 1.56 bits per heavy atom. The van der Waals surface area contributed by atoms with Crippen LogP contribution in [0.15, 0.2) is 71.6 Å². The van der Waals surface area contributed by atoms with Crippen molar-refractivity contribution >= 4 is 62.3 Å². The SMILES string of the molecule is CCOc1ccccc1N(CC(=O)N(Cc1ccc(Cl)cc1Cl)[C@H](C)C(=O)NC(C)C)S(=O)(=O)c1ccc(Cl)cc1. The zero-order valence-electron chi connectivity index (χ0n) is 23.1. The van der Waals surface area contributed by atoms with E-state index in [1.54, 1.807) is 64.1 Å². The molecular weight excluding hydrogens is 609 g/mol. The van der Waals surface area contributed by atoms with Crippen LogP contribution in [-0.2, 0) is 26.2 Å². The van der Waals surface area contributed by atoms with Crippen molar-refractivity contribution in [2.75, 3.05) is 17.5 Å². The summed E-state index contributed by atoms with van der Waals surface area (Å²) in [6.07, 6.45) is 0. The number of sulfonamides is 1. The number of anilines is 1. The van der Waals surface area contributed by atoms with Crippen LogP contribution in [0.1, 0.15) is 33.3 Å². The molecule has 12 heteroatoms. The Balaban J connectivity index is 2.10. The summed E-state index contributed by atoms with van der Waals surface area (Å²) in [5.74, 6) is -0.759. The van der Waals surface area contributed by atoms with Crippen molar-refractivity contribution in [2.24, 2.45) is 0 Å². The Bertz CT molecular complexity index is 1480. The van der Waals surface area contributed by atoms with Crippen LogP contribution in [0.25, 0.3) is 0 Å². The van der Waals surface area contributed by atoms with Crippen LogP contribution >= 0.6 is 34.8 Å². The van der Waals surface area contributed by atoms with Crippen molar-refractivity contribution in [1.29, 1.82) is 0 Å². The Labute approximate surface area is 256 Å². The van der Waals surface area contributed by atoms with Gasteiger partial charge in [-0.1, -0.05) is 53.0 Å². The summed E-state index contributed by atoms with van der Waals surface area (Å²) in [6, 6.07) is 15.8. The third-order valence-electron chi connectivity index (χ3n) is 6.07. The average Bonchev–Trinajstić information content (AvgIpc) is 2.91. The molecule has 0 aliphatic heterocycles. The van der Waals surface area contributed by atoms with Crippen LogP contribution in [0.2, 0.25) is 15.1 Å². The highest BCUT2D eigenvalue weighted by atomic mass is 35.5. The number of ether oxygens (including phenoxy) is 1. The molecule has 0 aromatic heterocycles. The molecule has 3 rings (SSSR count). The first-order valence-electron chi connectivity index (χ1n) is 12.9. The lowest BCUT2D eigenvalue weighted by atomic mass is 10.1. The van der Waals surface area contributed by atoms with Crippen LogP contribution < -0.4 is 14.4 Å². The zero-order valence-corrected chi connectivity index (χ0v) is 26.2. The summed E-state index contributed by atoms with van der Waals surface area (Å²) in [4.78, 5) is 28.3. The van der Waals surface area contributed by atoms with Crippen molar-refractivity contribution < 1.29 is 22.7 Å². The first-order chi connectivity index (χ1) is 19.3. The fraction of sp³-hybridized carbons (Fsp3) is 0.310. The van der Waals surface area contributed by atoms with E-state index in [1.165, 1.54) is 35.2 Å². The Kier molecular flexibility index (Phi) is 11.3. The first-order valence-corrected chi connectivity index (χ1v) is 15.5. The number of hydrogen-bond acceptors (Lipinski definition) is 5. The number of nitrogens with one attached hydrogen (secondary N) is 1. The molecule has 8 nitrogen and oxygen atoms in total. The molecule has 220 valence electrons. The summed E-state index contributed by atoms with van der Waals surface area (Å²) < 4.78 is 34.7. The molecule has 0 aliphatic rings. The smallest absolute Gasteiger partial charge is 0.264 e. The fourth-order valence-corrected chi connectivity index (χ4v) is 6.03. The molecule has 0 radical (unpaired) electrons. The monoisotopic (exact) mass is 639 g/mol. The van der Waals surface area contributed by atoms with E-state index in [2.05, 4.69) is 5.32 Å². The van der Waals surface area contributed by atoms with E-state index in [4.69, 9.17) is 39.5 Å². The average molecular weight is 641 g/mol. The first kappa shape index (κ1) is 32.5. The normalized spacial score (nSPS) is 12.1. The van der Waals surface area contributed by atoms with Crippen LogP contribution in [0.5, 0.6) is 5.75 Å². The third-order valence-corrected chi connectivity index (χ3v) is 8.68. The maximum atomic E-state index is 14.1. The lowest BCUT2D eigenvalue weighted by molar-refractivity contribution is -0.139. The molecular formula is C29H32Cl3N3O5S. The van der Waals surface area contributed by atoms with Gasteiger partial charge >= 0.3 is 0 Å². The number of benzene rings is 3. The van der Waals surface area contributed by atoms with E-state index in [-0.39, 0.29) is 35.5 Å². The Morgan fingerprint density at radius 1 is 0.927 bits per heavy atom. The third kappa shape index (κ3) is 8.29. The predicted octanol–water partition coefficient (Wildman–Crippen LogP) is 6.18. The molecule has 3 aromatic carbocycles.